The van der Waals surface area contributed by atoms with Crippen LogP contribution in [0.5, 0.6) is 0 Å². The normalized spacial score (nSPS) is 20.5. The van der Waals surface area contributed by atoms with E-state index in [-0.39, 0.29) is 24.5 Å². The summed E-state index contributed by atoms with van der Waals surface area (Å²) in [6.07, 6.45) is 2.92. The van der Waals surface area contributed by atoms with Crippen molar-refractivity contribution in [2.45, 2.75) is 58.6 Å². The molecule has 3 fully saturated rings. The van der Waals surface area contributed by atoms with Crippen molar-refractivity contribution in [3.8, 4) is 0 Å². The first-order valence-electron chi connectivity index (χ1n) is 12.9. The molecule has 4 heterocycles. The van der Waals surface area contributed by atoms with Crippen LogP contribution in [0.25, 0.3) is 10.1 Å². The van der Waals surface area contributed by atoms with E-state index in [4.69, 9.17) is 14.6 Å². The van der Waals surface area contributed by atoms with Crippen LogP contribution in [-0.2, 0) is 9.53 Å². The molecule has 0 spiro atoms. The van der Waals surface area contributed by atoms with Gasteiger partial charge in [-0.2, -0.15) is 4.37 Å². The first-order valence-corrected chi connectivity index (χ1v) is 13.6. The second-order valence-electron chi connectivity index (χ2n) is 10.5. The van der Waals surface area contributed by atoms with Crippen LogP contribution in [0.1, 0.15) is 57.4 Å². The summed E-state index contributed by atoms with van der Waals surface area (Å²) in [6, 6.07) is 6.18. The fourth-order valence-corrected chi connectivity index (χ4v) is 5.62. The van der Waals surface area contributed by atoms with Crippen molar-refractivity contribution in [2.75, 3.05) is 44.6 Å². The second-order valence-corrected chi connectivity index (χ2v) is 11.3. The topological polar surface area (TPSA) is 124 Å². The molecule has 0 saturated carbocycles. The molecule has 10 nitrogen and oxygen atoms in total. The van der Waals surface area contributed by atoms with E-state index in [1.807, 2.05) is 45.9 Å². The van der Waals surface area contributed by atoms with Crippen molar-refractivity contribution in [1.82, 2.24) is 19.5 Å². The van der Waals surface area contributed by atoms with Gasteiger partial charge in [0.05, 0.1) is 4.70 Å². The molecular weight excluding hydrogens is 494 g/mol. The standard InChI is InChI=1S/C25H37N5O3S.CH2O2/c1-5-11-30(24(32)33-25(2,3)4)14-10-26-18-6-7-19-21(15-18)34-28-22(19)23(31)27-20-16-29-12-8-17(20)9-13-29;2-1-3/h6-7,15,17,20,26H,5,8-14,16H2,1-4H3,(H,27,31);1H,(H,2,3)/t20-;/m1./s1. The number of carbonyl (C=O) groups excluding carboxylic acids is 2. The Hall–Kier alpha value is -2.92. The highest BCUT2D eigenvalue weighted by Crippen LogP contribution is 2.29. The lowest BCUT2D eigenvalue weighted by molar-refractivity contribution is -0.122. The number of rotatable bonds is 8. The summed E-state index contributed by atoms with van der Waals surface area (Å²) >= 11 is 1.35. The zero-order valence-corrected chi connectivity index (χ0v) is 23.0. The largest absolute Gasteiger partial charge is 0.483 e. The number of nitrogens with zero attached hydrogens (tertiary/aromatic N) is 3. The van der Waals surface area contributed by atoms with Crippen LogP contribution in [0.4, 0.5) is 10.5 Å². The minimum Gasteiger partial charge on any atom is -0.483 e. The predicted octanol–water partition coefficient (Wildman–Crippen LogP) is 3.88. The number of carbonyl (C=O) groups is 3. The van der Waals surface area contributed by atoms with Crippen molar-refractivity contribution in [2.24, 2.45) is 5.92 Å². The lowest BCUT2D eigenvalue weighted by Gasteiger charge is -2.44. The fraction of sp³-hybridized carbons (Fsp3) is 0.615. The number of anilines is 1. The minimum atomic E-state index is -0.508. The Balaban J connectivity index is 0.00000121. The van der Waals surface area contributed by atoms with Gasteiger partial charge in [0.25, 0.3) is 12.4 Å². The lowest BCUT2D eigenvalue weighted by Crippen LogP contribution is -2.57. The summed E-state index contributed by atoms with van der Waals surface area (Å²) in [5, 5.41) is 14.4. The molecule has 1 aromatic heterocycles. The molecule has 3 aliphatic rings. The van der Waals surface area contributed by atoms with Crippen molar-refractivity contribution in [3.05, 3.63) is 23.9 Å². The number of amides is 2. The maximum atomic E-state index is 13.0. The van der Waals surface area contributed by atoms with Gasteiger partial charge in [-0.05, 0) is 88.8 Å². The Bertz CT molecular complexity index is 1060. The molecule has 3 N–H and O–H groups in total. The van der Waals surface area contributed by atoms with E-state index in [2.05, 4.69) is 19.9 Å². The van der Waals surface area contributed by atoms with E-state index in [1.165, 1.54) is 24.4 Å². The van der Waals surface area contributed by atoms with Gasteiger partial charge >= 0.3 is 6.09 Å². The first-order chi connectivity index (χ1) is 17.6. The number of piperidine rings is 3. The Morgan fingerprint density at radius 2 is 1.97 bits per heavy atom. The van der Waals surface area contributed by atoms with Crippen molar-refractivity contribution < 1.29 is 24.2 Å². The molecule has 2 amide bonds. The first kappa shape index (κ1) is 28.6. The van der Waals surface area contributed by atoms with E-state index in [1.54, 1.807) is 4.90 Å². The maximum absolute atomic E-state index is 13.0. The molecule has 5 rings (SSSR count). The van der Waals surface area contributed by atoms with E-state index >= 15 is 0 Å². The average Bonchev–Trinajstić information content (AvgIpc) is 3.27. The zero-order chi connectivity index (χ0) is 27.0. The molecule has 2 bridgehead atoms. The Morgan fingerprint density at radius 3 is 2.57 bits per heavy atom. The smallest absolute Gasteiger partial charge is 0.410 e. The molecule has 3 saturated heterocycles. The van der Waals surface area contributed by atoms with Gasteiger partial charge < -0.3 is 30.3 Å². The molecule has 37 heavy (non-hydrogen) atoms. The number of ether oxygens (including phenoxy) is 1. The highest BCUT2D eigenvalue weighted by molar-refractivity contribution is 7.13. The number of benzene rings is 1. The molecule has 0 radical (unpaired) electrons. The van der Waals surface area contributed by atoms with Gasteiger partial charge in [-0.15, -0.1) is 0 Å². The lowest BCUT2D eigenvalue weighted by atomic mass is 9.84. The number of fused-ring (bicyclic) bond motifs is 4. The van der Waals surface area contributed by atoms with Crippen LogP contribution in [0.2, 0.25) is 0 Å². The zero-order valence-electron chi connectivity index (χ0n) is 22.2. The summed E-state index contributed by atoms with van der Waals surface area (Å²) in [5.41, 5.74) is 0.953. The van der Waals surface area contributed by atoms with Gasteiger partial charge in [0.15, 0.2) is 0 Å². The van der Waals surface area contributed by atoms with E-state index < -0.39 is 5.60 Å². The van der Waals surface area contributed by atoms with Crippen LogP contribution in [0, 0.1) is 5.92 Å². The van der Waals surface area contributed by atoms with Gasteiger partial charge in [0.1, 0.15) is 11.3 Å². The monoisotopic (exact) mass is 533 g/mol. The summed E-state index contributed by atoms with van der Waals surface area (Å²) in [4.78, 5) is 38.0. The summed E-state index contributed by atoms with van der Waals surface area (Å²) in [6.45, 7) is 12.5. The minimum absolute atomic E-state index is 0.0710. The Kier molecular flexibility index (Phi) is 10.1. The van der Waals surface area contributed by atoms with E-state index in [0.717, 1.165) is 41.8 Å². The number of nitrogens with one attached hydrogen (secondary N) is 2. The predicted molar refractivity (Wildman–Crippen MR) is 145 cm³/mol. The average molecular weight is 534 g/mol. The van der Waals surface area contributed by atoms with Crippen LogP contribution >= 0.6 is 11.5 Å². The third-order valence-corrected chi connectivity index (χ3v) is 7.32. The van der Waals surface area contributed by atoms with Crippen LogP contribution < -0.4 is 10.6 Å². The highest BCUT2D eigenvalue weighted by Gasteiger charge is 2.35. The Labute approximate surface area is 222 Å². The second kappa shape index (κ2) is 13.0. The Morgan fingerprint density at radius 1 is 1.27 bits per heavy atom. The van der Waals surface area contributed by atoms with Crippen LogP contribution in [0.3, 0.4) is 0 Å². The quantitative estimate of drug-likeness (QED) is 0.437. The van der Waals surface area contributed by atoms with Crippen molar-refractivity contribution in [1.29, 1.82) is 0 Å². The molecule has 1 aromatic carbocycles. The molecule has 1 atom stereocenters. The number of carboxylic acid groups (broad SMARTS) is 1. The summed E-state index contributed by atoms with van der Waals surface area (Å²) < 4.78 is 11.0. The van der Waals surface area contributed by atoms with Gasteiger partial charge in [-0.1, -0.05) is 6.92 Å². The van der Waals surface area contributed by atoms with Crippen molar-refractivity contribution in [3.63, 3.8) is 0 Å². The van der Waals surface area contributed by atoms with Gasteiger partial charge in [-0.25, -0.2) is 4.79 Å². The van der Waals surface area contributed by atoms with Gasteiger partial charge in [0.2, 0.25) is 0 Å². The molecule has 0 aliphatic carbocycles. The van der Waals surface area contributed by atoms with Crippen LogP contribution in [-0.4, -0.2) is 88.7 Å². The van der Waals surface area contributed by atoms with Crippen molar-refractivity contribution >= 4 is 45.8 Å². The number of hydrogen-bond acceptors (Lipinski definition) is 8. The maximum Gasteiger partial charge on any atom is 0.410 e. The fourth-order valence-electron chi connectivity index (χ4n) is 4.80. The highest BCUT2D eigenvalue weighted by atomic mass is 32.1. The third-order valence-electron chi connectivity index (χ3n) is 6.52. The molecule has 204 valence electrons. The summed E-state index contributed by atoms with van der Waals surface area (Å²) in [5.74, 6) is 0.515. The van der Waals surface area contributed by atoms with E-state index in [0.29, 0.717) is 31.2 Å². The third kappa shape index (κ3) is 8.03. The molecule has 11 heteroatoms. The molecule has 2 aromatic rings. The van der Waals surface area contributed by atoms with E-state index in [9.17, 15) is 9.59 Å². The molecule has 0 unspecified atom stereocenters. The van der Waals surface area contributed by atoms with Gasteiger partial charge in [-0.3, -0.25) is 9.59 Å². The number of hydrogen-bond donors (Lipinski definition) is 3. The molecular formula is C26H39N5O5S. The number of aromatic nitrogens is 1. The van der Waals surface area contributed by atoms with Gasteiger partial charge in [0, 0.05) is 43.3 Å². The van der Waals surface area contributed by atoms with Crippen LogP contribution in [0.15, 0.2) is 18.2 Å². The SMILES string of the molecule is CCCN(CCNc1ccc2c(C(=O)N[C@@H]3CN4CCC3CC4)nsc2c1)C(=O)OC(C)(C)C.O=CO. The molecule has 3 aliphatic heterocycles. The summed E-state index contributed by atoms with van der Waals surface area (Å²) in [7, 11) is 0.